The highest BCUT2D eigenvalue weighted by molar-refractivity contribution is 9.10. The molecule has 0 radical (unpaired) electrons. The minimum Gasteiger partial charge on any atom is -0.494 e. The van der Waals surface area contributed by atoms with E-state index < -0.39 is 5.82 Å². The van der Waals surface area contributed by atoms with Crippen molar-refractivity contribution in [3.8, 4) is 5.75 Å². The molecule has 3 N–H and O–H groups in total. The highest BCUT2D eigenvalue weighted by Gasteiger charge is 2.14. The van der Waals surface area contributed by atoms with Crippen LogP contribution in [0.5, 0.6) is 5.75 Å². The van der Waals surface area contributed by atoms with Gasteiger partial charge >= 0.3 is 0 Å². The van der Waals surface area contributed by atoms with Crippen molar-refractivity contribution in [1.29, 1.82) is 0 Å². The summed E-state index contributed by atoms with van der Waals surface area (Å²) in [5.41, 5.74) is 4.61. The summed E-state index contributed by atoms with van der Waals surface area (Å²) in [6.07, 6.45) is 4.13. The van der Waals surface area contributed by atoms with Gasteiger partial charge in [-0.25, -0.2) is 4.39 Å². The number of nitrogens with zero attached hydrogens (tertiary/aromatic N) is 1. The molecule has 20 heavy (non-hydrogen) atoms. The Morgan fingerprint density at radius 2 is 2.20 bits per heavy atom. The van der Waals surface area contributed by atoms with Crippen molar-refractivity contribution in [3.05, 3.63) is 58.1 Å². The van der Waals surface area contributed by atoms with Crippen molar-refractivity contribution in [2.75, 3.05) is 7.11 Å². The van der Waals surface area contributed by atoms with Gasteiger partial charge in [-0.05, 0) is 51.7 Å². The average Bonchev–Trinajstić information content (AvgIpc) is 2.45. The van der Waals surface area contributed by atoms with Gasteiger partial charge in [-0.3, -0.25) is 16.3 Å². The van der Waals surface area contributed by atoms with Crippen molar-refractivity contribution in [3.63, 3.8) is 0 Å². The third-order valence-electron chi connectivity index (χ3n) is 2.98. The fourth-order valence-corrected chi connectivity index (χ4v) is 2.38. The molecule has 0 aliphatic rings. The van der Waals surface area contributed by atoms with E-state index >= 15 is 0 Å². The van der Waals surface area contributed by atoms with E-state index in [0.29, 0.717) is 6.42 Å². The summed E-state index contributed by atoms with van der Waals surface area (Å²) in [4.78, 5) is 4.11. The maximum atomic E-state index is 13.4. The number of hydrogen-bond donors (Lipinski definition) is 2. The molecule has 0 fully saturated rings. The van der Waals surface area contributed by atoms with Crippen LogP contribution in [0.3, 0.4) is 0 Å². The van der Waals surface area contributed by atoms with E-state index in [9.17, 15) is 4.39 Å². The van der Waals surface area contributed by atoms with Crippen LogP contribution in [0.1, 0.15) is 17.2 Å². The summed E-state index contributed by atoms with van der Waals surface area (Å²) in [6.45, 7) is 0. The van der Waals surface area contributed by atoms with Crippen molar-refractivity contribution in [1.82, 2.24) is 10.4 Å². The fraction of sp³-hybridized carbons (Fsp3) is 0.214. The number of nitrogens with one attached hydrogen (secondary N) is 1. The number of methoxy groups -OCH3 is 1. The summed E-state index contributed by atoms with van der Waals surface area (Å²) in [7, 11) is 1.44. The number of ether oxygens (including phenoxy) is 1. The minimum absolute atomic E-state index is 0.152. The summed E-state index contributed by atoms with van der Waals surface area (Å²) in [5, 5.41) is 0. The van der Waals surface area contributed by atoms with Crippen LogP contribution in [0.4, 0.5) is 4.39 Å². The topological polar surface area (TPSA) is 60.2 Å². The quantitative estimate of drug-likeness (QED) is 0.649. The first kappa shape index (κ1) is 14.9. The molecule has 0 amide bonds. The van der Waals surface area contributed by atoms with Gasteiger partial charge in [0.15, 0.2) is 11.6 Å². The summed E-state index contributed by atoms with van der Waals surface area (Å²) in [6, 6.07) is 6.52. The zero-order valence-electron chi connectivity index (χ0n) is 10.9. The van der Waals surface area contributed by atoms with Gasteiger partial charge in [0, 0.05) is 16.9 Å². The summed E-state index contributed by atoms with van der Waals surface area (Å²) < 4.78 is 19.3. The number of hydrogen-bond acceptors (Lipinski definition) is 4. The maximum Gasteiger partial charge on any atom is 0.165 e. The van der Waals surface area contributed by atoms with E-state index in [1.54, 1.807) is 24.5 Å². The normalized spacial score (nSPS) is 12.2. The SMILES string of the molecule is COc1cc(C(Cc2cncc(Br)c2)NN)ccc1F. The number of benzene rings is 1. The minimum atomic E-state index is -0.392. The van der Waals surface area contributed by atoms with Crippen molar-refractivity contribution in [2.24, 2.45) is 5.84 Å². The van der Waals surface area contributed by atoms with Crippen molar-refractivity contribution < 1.29 is 9.13 Å². The lowest BCUT2D eigenvalue weighted by Crippen LogP contribution is -2.29. The molecule has 2 rings (SSSR count). The predicted molar refractivity (Wildman–Crippen MR) is 78.7 cm³/mol. The van der Waals surface area contributed by atoms with Gasteiger partial charge in [-0.15, -0.1) is 0 Å². The van der Waals surface area contributed by atoms with E-state index in [0.717, 1.165) is 15.6 Å². The van der Waals surface area contributed by atoms with Crippen LogP contribution in [0.15, 0.2) is 41.1 Å². The first-order chi connectivity index (χ1) is 9.63. The molecular formula is C14H15BrFN3O. The van der Waals surface area contributed by atoms with E-state index in [-0.39, 0.29) is 11.8 Å². The largest absolute Gasteiger partial charge is 0.494 e. The Morgan fingerprint density at radius 1 is 1.40 bits per heavy atom. The van der Waals surface area contributed by atoms with Crippen LogP contribution in [0, 0.1) is 5.82 Å². The highest BCUT2D eigenvalue weighted by atomic mass is 79.9. The zero-order valence-corrected chi connectivity index (χ0v) is 12.5. The van der Waals surface area contributed by atoms with Gasteiger partial charge in [-0.1, -0.05) is 6.07 Å². The van der Waals surface area contributed by atoms with E-state index in [1.165, 1.54) is 13.2 Å². The molecule has 1 aromatic carbocycles. The number of rotatable bonds is 5. The van der Waals surface area contributed by atoms with Gasteiger partial charge in [-0.2, -0.15) is 0 Å². The second-order valence-electron chi connectivity index (χ2n) is 4.33. The molecule has 0 aliphatic heterocycles. The molecule has 2 aromatic rings. The van der Waals surface area contributed by atoms with Gasteiger partial charge in [0.1, 0.15) is 0 Å². The van der Waals surface area contributed by atoms with Crippen molar-refractivity contribution >= 4 is 15.9 Å². The Morgan fingerprint density at radius 3 is 2.85 bits per heavy atom. The third kappa shape index (κ3) is 3.53. The maximum absolute atomic E-state index is 13.4. The Hall–Kier alpha value is -1.50. The molecule has 0 saturated carbocycles. The Kier molecular flexibility index (Phi) is 5.05. The van der Waals surface area contributed by atoms with Crippen LogP contribution in [-0.4, -0.2) is 12.1 Å². The van der Waals surface area contributed by atoms with Crippen LogP contribution in [0.2, 0.25) is 0 Å². The predicted octanol–water partition coefficient (Wildman–Crippen LogP) is 2.74. The molecule has 1 heterocycles. The molecule has 1 aromatic heterocycles. The monoisotopic (exact) mass is 339 g/mol. The molecule has 0 spiro atoms. The van der Waals surface area contributed by atoms with Crippen molar-refractivity contribution in [2.45, 2.75) is 12.5 Å². The second-order valence-corrected chi connectivity index (χ2v) is 5.24. The van der Waals surface area contributed by atoms with Crippen LogP contribution < -0.4 is 16.0 Å². The van der Waals surface area contributed by atoms with E-state index in [4.69, 9.17) is 10.6 Å². The molecule has 1 unspecified atom stereocenters. The zero-order chi connectivity index (χ0) is 14.5. The smallest absolute Gasteiger partial charge is 0.165 e. The molecule has 4 nitrogen and oxygen atoms in total. The molecule has 6 heteroatoms. The van der Waals surface area contributed by atoms with Gasteiger partial charge < -0.3 is 4.74 Å². The van der Waals surface area contributed by atoms with Crippen LogP contribution in [0.25, 0.3) is 0 Å². The lowest BCUT2D eigenvalue weighted by molar-refractivity contribution is 0.384. The Balaban J connectivity index is 2.24. The lowest BCUT2D eigenvalue weighted by Gasteiger charge is -2.17. The standard InChI is InChI=1S/C14H15BrFN3O/c1-20-14-6-10(2-3-12(14)16)13(19-17)5-9-4-11(15)8-18-7-9/h2-4,6-8,13,19H,5,17H2,1H3. The third-order valence-corrected chi connectivity index (χ3v) is 3.41. The lowest BCUT2D eigenvalue weighted by atomic mass is 10.00. The Bertz CT molecular complexity index is 594. The number of aromatic nitrogens is 1. The van der Waals surface area contributed by atoms with E-state index in [1.807, 2.05) is 6.07 Å². The fourth-order valence-electron chi connectivity index (χ4n) is 1.97. The van der Waals surface area contributed by atoms with Crippen LogP contribution >= 0.6 is 15.9 Å². The molecule has 1 atom stereocenters. The second kappa shape index (κ2) is 6.78. The highest BCUT2D eigenvalue weighted by Crippen LogP contribution is 2.25. The van der Waals surface area contributed by atoms with E-state index in [2.05, 4.69) is 26.3 Å². The van der Waals surface area contributed by atoms with Gasteiger partial charge in [0.25, 0.3) is 0 Å². The number of pyridine rings is 1. The molecular weight excluding hydrogens is 325 g/mol. The number of nitrogens with two attached hydrogens (primary N) is 1. The number of halogens is 2. The molecule has 0 saturated heterocycles. The van der Waals surface area contributed by atoms with Crippen LogP contribution in [-0.2, 0) is 6.42 Å². The summed E-state index contributed by atoms with van der Waals surface area (Å²) >= 11 is 3.38. The molecule has 0 aliphatic carbocycles. The summed E-state index contributed by atoms with van der Waals surface area (Å²) in [5.74, 6) is 5.41. The van der Waals surface area contributed by atoms with Gasteiger partial charge in [0.2, 0.25) is 0 Å². The first-order valence-electron chi connectivity index (χ1n) is 6.03. The molecule has 106 valence electrons. The Labute approximate surface area is 125 Å². The first-order valence-corrected chi connectivity index (χ1v) is 6.82. The number of hydrazine groups is 1. The average molecular weight is 340 g/mol. The van der Waals surface area contributed by atoms with Gasteiger partial charge in [0.05, 0.1) is 13.2 Å². The molecule has 0 bridgehead atoms.